The monoisotopic (exact) mass is 248 g/mol. The molecule has 2 aromatic rings. The van der Waals surface area contributed by atoms with Crippen LogP contribution in [-0.4, -0.2) is 25.5 Å². The smallest absolute Gasteiger partial charge is 0.269 e. The van der Waals surface area contributed by atoms with E-state index in [0.29, 0.717) is 12.4 Å². The van der Waals surface area contributed by atoms with E-state index in [4.69, 9.17) is 0 Å². The van der Waals surface area contributed by atoms with Crippen LogP contribution in [0.2, 0.25) is 0 Å². The van der Waals surface area contributed by atoms with Crippen molar-refractivity contribution in [2.24, 2.45) is 0 Å². The molecule has 94 valence electrons. The van der Waals surface area contributed by atoms with Crippen LogP contribution in [0.5, 0.6) is 0 Å². The predicted molar refractivity (Wildman–Crippen MR) is 62.5 cm³/mol. The molecule has 0 aliphatic rings. The number of benzene rings is 1. The Labute approximate surface area is 103 Å². The van der Waals surface area contributed by atoms with E-state index in [9.17, 15) is 10.1 Å². The van der Waals surface area contributed by atoms with Crippen molar-refractivity contribution in [1.29, 1.82) is 0 Å². The molecule has 0 aliphatic carbocycles. The lowest BCUT2D eigenvalue weighted by molar-refractivity contribution is -0.384. The van der Waals surface area contributed by atoms with E-state index in [1.165, 1.54) is 6.07 Å². The summed E-state index contributed by atoms with van der Waals surface area (Å²) in [6.07, 6.45) is 0. The molecule has 1 unspecified atom stereocenters. The van der Waals surface area contributed by atoms with Gasteiger partial charge in [-0.25, -0.2) is 0 Å². The molecule has 0 radical (unpaired) electrons. The van der Waals surface area contributed by atoms with Gasteiger partial charge in [0.15, 0.2) is 5.82 Å². The lowest BCUT2D eigenvalue weighted by Crippen LogP contribution is -2.19. The molecular weight excluding hydrogens is 236 g/mol. The fourth-order valence-electron chi connectivity index (χ4n) is 1.53. The average Bonchev–Trinajstić information content (AvgIpc) is 2.89. The number of H-pyrrole nitrogens is 1. The minimum Gasteiger partial charge on any atom is -0.303 e. The first kappa shape index (κ1) is 12.1. The molecule has 8 nitrogen and oxygen atoms in total. The number of nitrogens with zero attached hydrogens (tertiary/aromatic N) is 4. The number of tetrazole rings is 1. The first-order chi connectivity index (χ1) is 8.66. The maximum atomic E-state index is 10.7. The molecule has 0 saturated carbocycles. The number of non-ortho nitro benzene ring substituents is 1. The van der Waals surface area contributed by atoms with Crippen LogP contribution < -0.4 is 5.32 Å². The molecule has 0 fully saturated rings. The van der Waals surface area contributed by atoms with Crippen molar-refractivity contribution in [3.05, 3.63) is 45.8 Å². The van der Waals surface area contributed by atoms with Gasteiger partial charge >= 0.3 is 0 Å². The first-order valence-corrected chi connectivity index (χ1v) is 5.37. The number of nitrogens with one attached hydrogen (secondary N) is 2. The largest absolute Gasteiger partial charge is 0.303 e. The Balaban J connectivity index is 2.02. The molecule has 1 aromatic heterocycles. The van der Waals surface area contributed by atoms with Crippen LogP contribution in [-0.2, 0) is 6.54 Å². The Morgan fingerprint density at radius 1 is 1.56 bits per heavy atom. The fraction of sp³-hybridized carbons (Fsp3) is 0.300. The highest BCUT2D eigenvalue weighted by Gasteiger charge is 2.11. The van der Waals surface area contributed by atoms with E-state index < -0.39 is 4.92 Å². The average molecular weight is 248 g/mol. The van der Waals surface area contributed by atoms with Crippen molar-refractivity contribution in [3.63, 3.8) is 0 Å². The van der Waals surface area contributed by atoms with Crippen molar-refractivity contribution < 1.29 is 4.92 Å². The molecule has 1 aromatic carbocycles. The van der Waals surface area contributed by atoms with Gasteiger partial charge in [-0.3, -0.25) is 10.1 Å². The summed E-state index contributed by atoms with van der Waals surface area (Å²) < 4.78 is 0. The number of hydrogen-bond acceptors (Lipinski definition) is 6. The van der Waals surface area contributed by atoms with Crippen LogP contribution >= 0.6 is 0 Å². The van der Waals surface area contributed by atoms with Gasteiger partial charge in [0.25, 0.3) is 5.69 Å². The summed E-state index contributed by atoms with van der Waals surface area (Å²) in [7, 11) is 0. The minimum absolute atomic E-state index is 0.0385. The van der Waals surface area contributed by atoms with Crippen molar-refractivity contribution >= 4 is 5.69 Å². The lowest BCUT2D eigenvalue weighted by atomic mass is 10.1. The van der Waals surface area contributed by atoms with Crippen molar-refractivity contribution in [2.45, 2.75) is 19.5 Å². The fourth-order valence-corrected chi connectivity index (χ4v) is 1.53. The number of aromatic nitrogens is 4. The van der Waals surface area contributed by atoms with Crippen LogP contribution in [0.4, 0.5) is 5.69 Å². The Morgan fingerprint density at radius 3 is 3.06 bits per heavy atom. The number of aromatic amines is 1. The molecule has 2 rings (SSSR count). The maximum Gasteiger partial charge on any atom is 0.269 e. The number of nitro groups is 1. The summed E-state index contributed by atoms with van der Waals surface area (Å²) in [4.78, 5) is 10.3. The summed E-state index contributed by atoms with van der Waals surface area (Å²) in [5, 5.41) is 27.3. The molecule has 0 amide bonds. The quantitative estimate of drug-likeness (QED) is 0.602. The van der Waals surface area contributed by atoms with E-state index >= 15 is 0 Å². The van der Waals surface area contributed by atoms with Crippen molar-refractivity contribution in [2.75, 3.05) is 0 Å². The van der Waals surface area contributed by atoms with Gasteiger partial charge in [-0.05, 0) is 12.5 Å². The molecule has 1 heterocycles. The molecule has 0 aliphatic heterocycles. The molecule has 1 atom stereocenters. The van der Waals surface area contributed by atoms with Crippen LogP contribution in [0.25, 0.3) is 0 Å². The third-order valence-corrected chi connectivity index (χ3v) is 2.54. The van der Waals surface area contributed by atoms with Gasteiger partial charge in [-0.15, -0.1) is 10.2 Å². The van der Waals surface area contributed by atoms with Crippen LogP contribution in [0, 0.1) is 10.1 Å². The van der Waals surface area contributed by atoms with Crippen LogP contribution in [0.1, 0.15) is 24.4 Å². The molecule has 0 bridgehead atoms. The maximum absolute atomic E-state index is 10.7. The SMILES string of the molecule is CC(NCc1nn[nH]n1)c1cccc([N+](=O)[O-])c1. The topological polar surface area (TPSA) is 110 Å². The van der Waals surface area contributed by atoms with Crippen LogP contribution in [0.3, 0.4) is 0 Å². The molecular formula is C10H12N6O2. The summed E-state index contributed by atoms with van der Waals surface area (Å²) >= 11 is 0. The van der Waals surface area contributed by atoms with E-state index in [-0.39, 0.29) is 11.7 Å². The second kappa shape index (κ2) is 5.32. The normalized spacial score (nSPS) is 12.3. The van der Waals surface area contributed by atoms with Gasteiger partial charge < -0.3 is 5.32 Å². The Hall–Kier alpha value is -2.35. The number of nitro benzene ring substituents is 1. The highest BCUT2D eigenvalue weighted by atomic mass is 16.6. The summed E-state index contributed by atoms with van der Waals surface area (Å²) in [6, 6.07) is 6.48. The third kappa shape index (κ3) is 2.86. The lowest BCUT2D eigenvalue weighted by Gasteiger charge is -2.12. The zero-order valence-corrected chi connectivity index (χ0v) is 9.70. The molecule has 0 saturated heterocycles. The van der Waals surface area contributed by atoms with Gasteiger partial charge in [0.2, 0.25) is 0 Å². The molecule has 0 spiro atoms. The molecule has 18 heavy (non-hydrogen) atoms. The summed E-state index contributed by atoms with van der Waals surface area (Å²) in [5.41, 5.74) is 0.924. The summed E-state index contributed by atoms with van der Waals surface area (Å²) in [5.74, 6) is 0.548. The molecule has 2 N–H and O–H groups in total. The second-order valence-electron chi connectivity index (χ2n) is 3.78. The number of rotatable bonds is 5. The van der Waals surface area contributed by atoms with E-state index in [2.05, 4.69) is 25.9 Å². The van der Waals surface area contributed by atoms with Gasteiger partial charge in [0, 0.05) is 18.2 Å². The Bertz CT molecular complexity index is 527. The molecule has 8 heteroatoms. The van der Waals surface area contributed by atoms with Crippen molar-refractivity contribution in [1.82, 2.24) is 25.9 Å². The first-order valence-electron chi connectivity index (χ1n) is 5.37. The van der Waals surface area contributed by atoms with E-state index in [1.54, 1.807) is 12.1 Å². The highest BCUT2D eigenvalue weighted by Crippen LogP contribution is 2.18. The zero-order valence-electron chi connectivity index (χ0n) is 9.70. The van der Waals surface area contributed by atoms with Gasteiger partial charge in [-0.1, -0.05) is 17.3 Å². The minimum atomic E-state index is -0.407. The third-order valence-electron chi connectivity index (χ3n) is 2.54. The number of hydrogen-bond donors (Lipinski definition) is 2. The van der Waals surface area contributed by atoms with E-state index in [1.807, 2.05) is 13.0 Å². The Morgan fingerprint density at radius 2 is 2.39 bits per heavy atom. The summed E-state index contributed by atoms with van der Waals surface area (Å²) in [6.45, 7) is 2.36. The van der Waals surface area contributed by atoms with Gasteiger partial charge in [0.05, 0.1) is 11.5 Å². The standard InChI is InChI=1S/C10H12N6O2/c1-7(11-6-10-12-14-15-13-10)8-3-2-4-9(5-8)16(17)18/h2-5,7,11H,6H2,1H3,(H,12,13,14,15). The van der Waals surface area contributed by atoms with E-state index in [0.717, 1.165) is 5.56 Å². The zero-order chi connectivity index (χ0) is 13.0. The second-order valence-corrected chi connectivity index (χ2v) is 3.78. The van der Waals surface area contributed by atoms with Crippen molar-refractivity contribution in [3.8, 4) is 0 Å². The predicted octanol–water partition coefficient (Wildman–Crippen LogP) is 0.959. The van der Waals surface area contributed by atoms with Crippen LogP contribution in [0.15, 0.2) is 24.3 Å². The highest BCUT2D eigenvalue weighted by molar-refractivity contribution is 5.35. The Kier molecular flexibility index (Phi) is 3.58. The van der Waals surface area contributed by atoms with Gasteiger partial charge in [0.1, 0.15) is 0 Å². The van der Waals surface area contributed by atoms with Gasteiger partial charge in [-0.2, -0.15) is 5.21 Å².